The molecule has 1 fully saturated rings. The second kappa shape index (κ2) is 7.84. The zero-order valence-electron chi connectivity index (χ0n) is 13.6. The van der Waals surface area contributed by atoms with Crippen molar-refractivity contribution in [3.05, 3.63) is 47.1 Å². The maximum absolute atomic E-state index is 12.3. The van der Waals surface area contributed by atoms with E-state index in [1.165, 1.54) is 11.8 Å². The highest BCUT2D eigenvalue weighted by atomic mass is 35.5. The first-order valence-electron chi connectivity index (χ1n) is 7.84. The van der Waals surface area contributed by atoms with Gasteiger partial charge in [0.25, 0.3) is 5.91 Å². The average molecular weight is 377 g/mol. The van der Waals surface area contributed by atoms with Crippen LogP contribution >= 0.6 is 23.4 Å². The van der Waals surface area contributed by atoms with Crippen LogP contribution in [0.1, 0.15) is 23.3 Å². The highest BCUT2D eigenvalue weighted by molar-refractivity contribution is 7.99. The number of rotatable bonds is 4. The molecule has 1 aliphatic heterocycles. The highest BCUT2D eigenvalue weighted by Gasteiger charge is 2.25. The molecule has 6 nitrogen and oxygen atoms in total. The van der Waals surface area contributed by atoms with Crippen molar-refractivity contribution in [2.45, 2.75) is 28.8 Å². The number of halogens is 1. The number of carbonyl (C=O) groups is 2. The molecule has 1 atom stereocenters. The van der Waals surface area contributed by atoms with Crippen molar-refractivity contribution >= 4 is 35.2 Å². The summed E-state index contributed by atoms with van der Waals surface area (Å²) in [4.78, 5) is 26.5. The van der Waals surface area contributed by atoms with Crippen LogP contribution in [-0.2, 0) is 4.79 Å². The number of likely N-dealkylation sites (tertiary alicyclic amines) is 1. The van der Waals surface area contributed by atoms with Gasteiger partial charge in [-0.3, -0.25) is 9.59 Å². The lowest BCUT2D eigenvalue weighted by molar-refractivity contribution is -0.132. The van der Waals surface area contributed by atoms with E-state index in [1.807, 2.05) is 24.3 Å². The van der Waals surface area contributed by atoms with Gasteiger partial charge in [0, 0.05) is 31.0 Å². The Morgan fingerprint density at radius 3 is 2.76 bits per heavy atom. The first kappa shape index (κ1) is 17.7. The van der Waals surface area contributed by atoms with Crippen LogP contribution in [0.4, 0.5) is 0 Å². The molecule has 0 bridgehead atoms. The molecule has 2 aromatic rings. The van der Waals surface area contributed by atoms with Crippen molar-refractivity contribution in [2.24, 2.45) is 0 Å². The van der Waals surface area contributed by atoms with Gasteiger partial charge in [-0.15, -0.1) is 10.2 Å². The van der Waals surface area contributed by atoms with E-state index >= 15 is 0 Å². The second-order valence-corrected chi connectivity index (χ2v) is 7.24. The summed E-state index contributed by atoms with van der Waals surface area (Å²) >= 11 is 7.51. The van der Waals surface area contributed by atoms with Crippen molar-refractivity contribution in [3.8, 4) is 0 Å². The van der Waals surface area contributed by atoms with Gasteiger partial charge >= 0.3 is 0 Å². The van der Waals surface area contributed by atoms with Gasteiger partial charge in [0.05, 0.1) is 5.02 Å². The fourth-order valence-electron chi connectivity index (χ4n) is 2.46. The minimum Gasteiger partial charge on any atom is -0.347 e. The van der Waals surface area contributed by atoms with Crippen molar-refractivity contribution < 1.29 is 9.59 Å². The van der Waals surface area contributed by atoms with Crippen LogP contribution in [0.5, 0.6) is 0 Å². The van der Waals surface area contributed by atoms with Crippen molar-refractivity contribution in [1.82, 2.24) is 20.4 Å². The molecule has 1 N–H and O–H groups in total. The zero-order chi connectivity index (χ0) is 17.8. The van der Waals surface area contributed by atoms with E-state index < -0.39 is 0 Å². The molecule has 1 aliphatic rings. The van der Waals surface area contributed by atoms with Crippen LogP contribution in [0.15, 0.2) is 46.3 Å². The zero-order valence-corrected chi connectivity index (χ0v) is 15.2. The lowest BCUT2D eigenvalue weighted by Crippen LogP contribution is -2.46. The Bertz CT molecular complexity index is 784. The van der Waals surface area contributed by atoms with Gasteiger partial charge in [0.1, 0.15) is 5.03 Å². The van der Waals surface area contributed by atoms with E-state index in [4.69, 9.17) is 11.6 Å². The number of carbonyl (C=O) groups excluding carboxylic acids is 2. The standard InChI is InChI=1S/C17H17ClN4O2S/c1-22-9-8-11(10-16(22)23)19-17(24)13-6-7-15(21-20-13)25-14-5-3-2-4-12(14)18/h2-7,11H,8-10H2,1H3,(H,19,24)/t11-/m1/s1. The van der Waals surface area contributed by atoms with E-state index in [-0.39, 0.29) is 23.6 Å². The van der Waals surface area contributed by atoms with Gasteiger partial charge in [-0.1, -0.05) is 35.5 Å². The summed E-state index contributed by atoms with van der Waals surface area (Å²) in [5, 5.41) is 12.2. The van der Waals surface area contributed by atoms with E-state index in [9.17, 15) is 9.59 Å². The molecule has 1 saturated heterocycles. The molecular formula is C17H17ClN4O2S. The molecule has 0 aliphatic carbocycles. The quantitative estimate of drug-likeness (QED) is 0.887. The summed E-state index contributed by atoms with van der Waals surface area (Å²) in [5.74, 6) is -0.279. The van der Waals surface area contributed by atoms with Gasteiger partial charge in [-0.2, -0.15) is 0 Å². The molecule has 2 amide bonds. The van der Waals surface area contributed by atoms with Gasteiger partial charge in [0.2, 0.25) is 5.91 Å². The Labute approximate surface area is 155 Å². The van der Waals surface area contributed by atoms with E-state index in [0.29, 0.717) is 23.0 Å². The van der Waals surface area contributed by atoms with Gasteiger partial charge in [-0.25, -0.2) is 0 Å². The van der Waals surface area contributed by atoms with E-state index in [2.05, 4.69) is 15.5 Å². The van der Waals surface area contributed by atoms with E-state index in [0.717, 1.165) is 11.3 Å². The fraction of sp³-hybridized carbons (Fsp3) is 0.294. The Morgan fingerprint density at radius 1 is 1.28 bits per heavy atom. The predicted octanol–water partition coefficient (Wildman–Crippen LogP) is 2.63. The number of hydrogen-bond donors (Lipinski definition) is 1. The second-order valence-electron chi connectivity index (χ2n) is 5.77. The third kappa shape index (κ3) is 4.49. The molecule has 1 aromatic heterocycles. The molecule has 3 rings (SSSR count). The predicted molar refractivity (Wildman–Crippen MR) is 95.7 cm³/mol. The van der Waals surface area contributed by atoms with Crippen molar-refractivity contribution in [3.63, 3.8) is 0 Å². The summed E-state index contributed by atoms with van der Waals surface area (Å²) in [7, 11) is 1.77. The highest BCUT2D eigenvalue weighted by Crippen LogP contribution is 2.31. The minimum absolute atomic E-state index is 0.0362. The number of piperidine rings is 1. The topological polar surface area (TPSA) is 75.2 Å². The largest absolute Gasteiger partial charge is 0.347 e. The molecule has 25 heavy (non-hydrogen) atoms. The minimum atomic E-state index is -0.316. The van der Waals surface area contributed by atoms with Gasteiger partial charge in [0.15, 0.2) is 5.69 Å². The Hall–Kier alpha value is -2.12. The molecule has 0 unspecified atom stereocenters. The van der Waals surface area contributed by atoms with Crippen molar-refractivity contribution in [2.75, 3.05) is 13.6 Å². The summed E-state index contributed by atoms with van der Waals surface area (Å²) in [6.45, 7) is 0.642. The van der Waals surface area contributed by atoms with Crippen LogP contribution in [0.2, 0.25) is 5.02 Å². The maximum atomic E-state index is 12.3. The van der Waals surface area contributed by atoms with Crippen LogP contribution < -0.4 is 5.32 Å². The number of nitrogens with zero attached hydrogens (tertiary/aromatic N) is 3. The lowest BCUT2D eigenvalue weighted by atomic mass is 10.0. The first-order valence-corrected chi connectivity index (χ1v) is 9.03. The Balaban J connectivity index is 1.61. The van der Waals surface area contributed by atoms with Crippen LogP contribution in [0.3, 0.4) is 0 Å². The molecule has 1 aromatic carbocycles. The monoisotopic (exact) mass is 376 g/mol. The molecule has 2 heterocycles. The third-order valence-electron chi connectivity index (χ3n) is 3.92. The maximum Gasteiger partial charge on any atom is 0.272 e. The van der Waals surface area contributed by atoms with Gasteiger partial charge < -0.3 is 10.2 Å². The van der Waals surface area contributed by atoms with Crippen LogP contribution in [-0.4, -0.2) is 46.5 Å². The number of benzene rings is 1. The van der Waals surface area contributed by atoms with Crippen LogP contribution in [0, 0.1) is 0 Å². The average Bonchev–Trinajstić information content (AvgIpc) is 2.61. The summed E-state index contributed by atoms with van der Waals surface area (Å²) in [6.07, 6.45) is 1.05. The van der Waals surface area contributed by atoms with Crippen molar-refractivity contribution in [1.29, 1.82) is 0 Å². The Kier molecular flexibility index (Phi) is 5.55. The third-order valence-corrected chi connectivity index (χ3v) is 5.36. The smallest absolute Gasteiger partial charge is 0.272 e. The first-order chi connectivity index (χ1) is 12.0. The summed E-state index contributed by atoms with van der Waals surface area (Å²) in [6, 6.07) is 10.7. The molecule has 0 radical (unpaired) electrons. The number of nitrogens with one attached hydrogen (secondary N) is 1. The summed E-state index contributed by atoms with van der Waals surface area (Å²) < 4.78 is 0. The SMILES string of the molecule is CN1CC[C@@H](NC(=O)c2ccc(Sc3ccccc3Cl)nn2)CC1=O. The number of amides is 2. The van der Waals surface area contributed by atoms with Gasteiger partial charge in [-0.05, 0) is 30.7 Å². The molecule has 0 saturated carbocycles. The van der Waals surface area contributed by atoms with Crippen LogP contribution in [0.25, 0.3) is 0 Å². The number of hydrogen-bond acceptors (Lipinski definition) is 5. The van der Waals surface area contributed by atoms with E-state index in [1.54, 1.807) is 24.1 Å². The normalized spacial score (nSPS) is 17.4. The summed E-state index contributed by atoms with van der Waals surface area (Å²) in [5.41, 5.74) is 0.231. The molecule has 130 valence electrons. The lowest BCUT2D eigenvalue weighted by Gasteiger charge is -2.29. The fourth-order valence-corrected chi connectivity index (χ4v) is 3.47. The molecule has 0 spiro atoms. The number of aromatic nitrogens is 2. The Morgan fingerprint density at radius 2 is 2.08 bits per heavy atom. The molecule has 8 heteroatoms. The molecular weight excluding hydrogens is 360 g/mol.